The molecule has 0 aliphatic heterocycles. The lowest BCUT2D eigenvalue weighted by molar-refractivity contribution is -0.138. The molecule has 110 valence electrons. The van der Waals surface area contributed by atoms with Crippen molar-refractivity contribution < 1.29 is 14.3 Å². The number of carboxylic acid groups (broad SMARTS) is 1. The number of carbonyl (C=O) groups is 1. The molecular formula is C17H18FNO2. The van der Waals surface area contributed by atoms with E-state index >= 15 is 0 Å². The first-order chi connectivity index (χ1) is 10.1. The van der Waals surface area contributed by atoms with Crippen LogP contribution in [-0.4, -0.2) is 17.6 Å². The quantitative estimate of drug-likeness (QED) is 0.856. The summed E-state index contributed by atoms with van der Waals surface area (Å²) in [5.41, 5.74) is 1.69. The molecule has 0 fully saturated rings. The highest BCUT2D eigenvalue weighted by atomic mass is 19.1. The molecule has 0 heterocycles. The summed E-state index contributed by atoms with van der Waals surface area (Å²) in [6, 6.07) is 15.3. The average Bonchev–Trinajstić information content (AvgIpc) is 2.48. The van der Waals surface area contributed by atoms with E-state index in [2.05, 4.69) is 5.32 Å². The van der Waals surface area contributed by atoms with Crippen molar-refractivity contribution in [3.63, 3.8) is 0 Å². The maximum absolute atomic E-state index is 12.9. The molecule has 4 heteroatoms. The van der Waals surface area contributed by atoms with E-state index in [0.717, 1.165) is 11.1 Å². The van der Waals surface area contributed by atoms with Crippen LogP contribution in [0.3, 0.4) is 0 Å². The Morgan fingerprint density at radius 2 is 1.71 bits per heavy atom. The Balaban J connectivity index is 2.02. The first kappa shape index (κ1) is 15.2. The van der Waals surface area contributed by atoms with E-state index < -0.39 is 11.9 Å². The molecular weight excluding hydrogens is 269 g/mol. The van der Waals surface area contributed by atoms with Crippen LogP contribution in [0.1, 0.15) is 30.0 Å². The number of halogens is 1. The molecule has 0 bridgehead atoms. The van der Waals surface area contributed by atoms with Crippen molar-refractivity contribution in [2.45, 2.75) is 18.9 Å². The van der Waals surface area contributed by atoms with Crippen LogP contribution >= 0.6 is 0 Å². The van der Waals surface area contributed by atoms with Gasteiger partial charge in [0.05, 0.1) is 5.92 Å². The third kappa shape index (κ3) is 4.13. The fourth-order valence-electron chi connectivity index (χ4n) is 2.20. The van der Waals surface area contributed by atoms with Gasteiger partial charge in [-0.05, 0) is 30.2 Å². The molecule has 0 spiro atoms. The van der Waals surface area contributed by atoms with Gasteiger partial charge in [-0.2, -0.15) is 0 Å². The van der Waals surface area contributed by atoms with E-state index in [1.54, 1.807) is 12.1 Å². The zero-order valence-corrected chi connectivity index (χ0v) is 11.8. The van der Waals surface area contributed by atoms with Crippen molar-refractivity contribution in [3.8, 4) is 0 Å². The van der Waals surface area contributed by atoms with Crippen molar-refractivity contribution in [2.24, 2.45) is 0 Å². The van der Waals surface area contributed by atoms with Gasteiger partial charge >= 0.3 is 5.97 Å². The first-order valence-corrected chi connectivity index (χ1v) is 6.84. The summed E-state index contributed by atoms with van der Waals surface area (Å²) in [4.78, 5) is 11.4. The average molecular weight is 287 g/mol. The number of hydrogen-bond acceptors (Lipinski definition) is 2. The molecule has 2 aromatic rings. The standard InChI is InChI=1S/C17H18FNO2/c1-12(13-7-9-15(18)10-8-13)19-11-16(17(20)21)14-5-3-2-4-6-14/h2-10,12,16,19H,11H2,1H3,(H,20,21). The van der Waals surface area contributed by atoms with Crippen LogP contribution in [0.15, 0.2) is 54.6 Å². The minimum atomic E-state index is -0.861. The predicted octanol–water partition coefficient (Wildman–Crippen LogP) is 3.34. The maximum atomic E-state index is 12.9. The third-order valence-electron chi connectivity index (χ3n) is 3.50. The topological polar surface area (TPSA) is 49.3 Å². The Morgan fingerprint density at radius 3 is 2.29 bits per heavy atom. The number of aliphatic carboxylic acids is 1. The van der Waals surface area contributed by atoms with Gasteiger partial charge in [0.15, 0.2) is 0 Å². The SMILES string of the molecule is CC(NCC(C(=O)O)c1ccccc1)c1ccc(F)cc1. The zero-order valence-electron chi connectivity index (χ0n) is 11.8. The van der Waals surface area contributed by atoms with E-state index in [0.29, 0.717) is 6.54 Å². The summed E-state index contributed by atoms with van der Waals surface area (Å²) in [5.74, 6) is -1.74. The normalized spacial score (nSPS) is 13.6. The molecule has 21 heavy (non-hydrogen) atoms. The lowest BCUT2D eigenvalue weighted by atomic mass is 9.98. The van der Waals surface area contributed by atoms with Crippen molar-refractivity contribution in [3.05, 3.63) is 71.5 Å². The second-order valence-corrected chi connectivity index (χ2v) is 4.98. The van der Waals surface area contributed by atoms with E-state index in [4.69, 9.17) is 0 Å². The molecule has 2 N–H and O–H groups in total. The molecule has 2 atom stereocenters. The molecule has 0 amide bonds. The molecule has 0 saturated carbocycles. The van der Waals surface area contributed by atoms with E-state index in [9.17, 15) is 14.3 Å². The van der Waals surface area contributed by atoms with Crippen LogP contribution in [0.25, 0.3) is 0 Å². The lowest BCUT2D eigenvalue weighted by Gasteiger charge is -2.18. The molecule has 0 aliphatic rings. The van der Waals surface area contributed by atoms with Gasteiger partial charge < -0.3 is 10.4 Å². The summed E-state index contributed by atoms with van der Waals surface area (Å²) >= 11 is 0. The van der Waals surface area contributed by atoms with Crippen molar-refractivity contribution >= 4 is 5.97 Å². The molecule has 2 rings (SSSR count). The van der Waals surface area contributed by atoms with E-state index in [1.165, 1.54) is 12.1 Å². The summed E-state index contributed by atoms with van der Waals surface area (Å²) in [6.45, 7) is 2.25. The minimum Gasteiger partial charge on any atom is -0.481 e. The Bertz CT molecular complexity index is 583. The highest BCUT2D eigenvalue weighted by molar-refractivity contribution is 5.76. The van der Waals surface area contributed by atoms with Gasteiger partial charge in [-0.25, -0.2) is 4.39 Å². The largest absolute Gasteiger partial charge is 0.481 e. The Labute approximate surface area is 123 Å². The monoisotopic (exact) mass is 287 g/mol. The fourth-order valence-corrected chi connectivity index (χ4v) is 2.20. The maximum Gasteiger partial charge on any atom is 0.312 e. The smallest absolute Gasteiger partial charge is 0.312 e. The Hall–Kier alpha value is -2.20. The second kappa shape index (κ2) is 6.99. The predicted molar refractivity (Wildman–Crippen MR) is 79.6 cm³/mol. The van der Waals surface area contributed by atoms with Crippen LogP contribution in [0, 0.1) is 5.82 Å². The highest BCUT2D eigenvalue weighted by Crippen LogP contribution is 2.18. The van der Waals surface area contributed by atoms with Crippen molar-refractivity contribution in [2.75, 3.05) is 6.54 Å². The van der Waals surface area contributed by atoms with Crippen LogP contribution in [0.4, 0.5) is 4.39 Å². The van der Waals surface area contributed by atoms with Gasteiger partial charge in [-0.1, -0.05) is 42.5 Å². The number of carboxylic acids is 1. The number of rotatable bonds is 6. The van der Waals surface area contributed by atoms with Crippen LogP contribution in [0.2, 0.25) is 0 Å². The third-order valence-corrected chi connectivity index (χ3v) is 3.50. The van der Waals surface area contributed by atoms with Crippen LogP contribution < -0.4 is 5.32 Å². The zero-order chi connectivity index (χ0) is 15.2. The highest BCUT2D eigenvalue weighted by Gasteiger charge is 2.20. The van der Waals surface area contributed by atoms with Gasteiger partial charge in [0.25, 0.3) is 0 Å². The van der Waals surface area contributed by atoms with E-state index in [-0.39, 0.29) is 11.9 Å². The molecule has 0 aliphatic carbocycles. The van der Waals surface area contributed by atoms with Gasteiger partial charge in [-0.3, -0.25) is 4.79 Å². The molecule has 2 aromatic carbocycles. The molecule has 0 saturated heterocycles. The number of nitrogens with one attached hydrogen (secondary N) is 1. The van der Waals surface area contributed by atoms with Crippen LogP contribution in [-0.2, 0) is 4.79 Å². The Kier molecular flexibility index (Phi) is 5.06. The number of hydrogen-bond donors (Lipinski definition) is 2. The summed E-state index contributed by atoms with van der Waals surface area (Å²) in [5, 5.41) is 12.6. The van der Waals surface area contributed by atoms with Gasteiger partial charge in [-0.15, -0.1) is 0 Å². The summed E-state index contributed by atoms with van der Waals surface area (Å²) in [6.07, 6.45) is 0. The van der Waals surface area contributed by atoms with E-state index in [1.807, 2.05) is 37.3 Å². The molecule has 0 aromatic heterocycles. The minimum absolute atomic E-state index is 0.0452. The second-order valence-electron chi connectivity index (χ2n) is 4.98. The number of benzene rings is 2. The Morgan fingerprint density at radius 1 is 1.10 bits per heavy atom. The van der Waals surface area contributed by atoms with Gasteiger partial charge in [0.1, 0.15) is 5.82 Å². The van der Waals surface area contributed by atoms with Crippen LogP contribution in [0.5, 0.6) is 0 Å². The molecule has 2 unspecified atom stereocenters. The fraction of sp³-hybridized carbons (Fsp3) is 0.235. The van der Waals surface area contributed by atoms with Gasteiger partial charge in [0, 0.05) is 12.6 Å². The summed E-state index contributed by atoms with van der Waals surface area (Å²) in [7, 11) is 0. The van der Waals surface area contributed by atoms with Crippen molar-refractivity contribution in [1.82, 2.24) is 5.32 Å². The molecule has 3 nitrogen and oxygen atoms in total. The summed E-state index contributed by atoms with van der Waals surface area (Å²) < 4.78 is 12.9. The van der Waals surface area contributed by atoms with Crippen molar-refractivity contribution in [1.29, 1.82) is 0 Å². The first-order valence-electron chi connectivity index (χ1n) is 6.84. The lowest BCUT2D eigenvalue weighted by Crippen LogP contribution is -2.29. The van der Waals surface area contributed by atoms with Gasteiger partial charge in [0.2, 0.25) is 0 Å². The molecule has 0 radical (unpaired) electrons.